The van der Waals surface area contributed by atoms with Gasteiger partial charge in [-0.15, -0.1) is 0 Å². The molecule has 0 aliphatic carbocycles. The van der Waals surface area contributed by atoms with E-state index in [0.29, 0.717) is 17.1 Å². The summed E-state index contributed by atoms with van der Waals surface area (Å²) >= 11 is 5.83. The van der Waals surface area contributed by atoms with Crippen molar-refractivity contribution in [3.63, 3.8) is 0 Å². The van der Waals surface area contributed by atoms with Crippen molar-refractivity contribution in [2.75, 3.05) is 27.2 Å². The molecule has 0 bridgehead atoms. The van der Waals surface area contributed by atoms with Gasteiger partial charge in [-0.3, -0.25) is 9.69 Å². The minimum Gasteiger partial charge on any atom is -0.364 e. The van der Waals surface area contributed by atoms with E-state index in [2.05, 4.69) is 9.88 Å². The Morgan fingerprint density at radius 1 is 1.40 bits per heavy atom. The fourth-order valence-corrected chi connectivity index (χ4v) is 3.63. The monoisotopic (exact) mass is 363 g/mol. The molecule has 2 heterocycles. The van der Waals surface area contributed by atoms with E-state index in [-0.39, 0.29) is 17.6 Å². The van der Waals surface area contributed by atoms with E-state index in [4.69, 9.17) is 11.6 Å². The molecule has 0 radical (unpaired) electrons. The Kier molecular flexibility index (Phi) is 5.45. The van der Waals surface area contributed by atoms with Crippen LogP contribution in [0.1, 0.15) is 40.4 Å². The predicted octanol–water partition coefficient (Wildman–Crippen LogP) is 3.89. The van der Waals surface area contributed by atoms with Gasteiger partial charge in [-0.1, -0.05) is 17.7 Å². The molecule has 2 aromatic rings. The standard InChI is InChI=1S/C19H23ClFN3O/c1-23(2)19(25)16-7-8-22-18(16)14-4-3-9-24(12-14)11-13-5-6-15(20)10-17(13)21/h5-8,10,14,22H,3-4,9,11-12H2,1-2H3. The van der Waals surface area contributed by atoms with Crippen LogP contribution in [0, 0.1) is 5.82 Å². The zero-order valence-electron chi connectivity index (χ0n) is 14.6. The summed E-state index contributed by atoms with van der Waals surface area (Å²) in [5.74, 6) is -0.00639. The number of H-pyrrole nitrogens is 1. The first kappa shape index (κ1) is 18.0. The Morgan fingerprint density at radius 3 is 2.92 bits per heavy atom. The summed E-state index contributed by atoms with van der Waals surface area (Å²) in [7, 11) is 3.52. The van der Waals surface area contributed by atoms with Gasteiger partial charge in [0.25, 0.3) is 5.91 Å². The fraction of sp³-hybridized carbons (Fsp3) is 0.421. The molecule has 0 spiro atoms. The number of hydrogen-bond acceptors (Lipinski definition) is 2. The van der Waals surface area contributed by atoms with Gasteiger partial charge in [-0.25, -0.2) is 4.39 Å². The van der Waals surface area contributed by atoms with Crippen LogP contribution in [0.15, 0.2) is 30.5 Å². The van der Waals surface area contributed by atoms with Gasteiger partial charge in [0.1, 0.15) is 5.82 Å². The highest BCUT2D eigenvalue weighted by atomic mass is 35.5. The van der Waals surface area contributed by atoms with Crippen molar-refractivity contribution in [3.05, 3.63) is 58.1 Å². The van der Waals surface area contributed by atoms with Crippen LogP contribution in [-0.2, 0) is 6.54 Å². The molecule has 1 aliphatic rings. The second-order valence-corrected chi connectivity index (χ2v) is 7.25. The van der Waals surface area contributed by atoms with Crippen molar-refractivity contribution in [3.8, 4) is 0 Å². The Balaban J connectivity index is 1.74. The van der Waals surface area contributed by atoms with Gasteiger partial charge in [-0.2, -0.15) is 0 Å². The molecule has 1 saturated heterocycles. The predicted molar refractivity (Wildman–Crippen MR) is 97.5 cm³/mol. The van der Waals surface area contributed by atoms with Gasteiger partial charge < -0.3 is 9.88 Å². The highest BCUT2D eigenvalue weighted by Gasteiger charge is 2.27. The molecule has 1 aliphatic heterocycles. The molecule has 1 aromatic carbocycles. The first-order valence-electron chi connectivity index (χ1n) is 8.51. The molecule has 4 nitrogen and oxygen atoms in total. The van der Waals surface area contributed by atoms with Gasteiger partial charge in [-0.05, 0) is 37.6 Å². The van der Waals surface area contributed by atoms with Crippen LogP contribution >= 0.6 is 11.6 Å². The lowest BCUT2D eigenvalue weighted by Crippen LogP contribution is -2.35. The second kappa shape index (κ2) is 7.58. The normalized spacial score (nSPS) is 18.3. The van der Waals surface area contributed by atoms with Crippen molar-refractivity contribution in [1.82, 2.24) is 14.8 Å². The fourth-order valence-electron chi connectivity index (χ4n) is 3.47. The van der Waals surface area contributed by atoms with Crippen LogP contribution < -0.4 is 0 Å². The number of aromatic nitrogens is 1. The van der Waals surface area contributed by atoms with E-state index in [1.807, 2.05) is 12.3 Å². The number of nitrogens with zero attached hydrogens (tertiary/aromatic N) is 2. The Bertz CT molecular complexity index is 759. The van der Waals surface area contributed by atoms with Crippen LogP contribution in [0.25, 0.3) is 0 Å². The zero-order chi connectivity index (χ0) is 18.0. The highest BCUT2D eigenvalue weighted by molar-refractivity contribution is 6.30. The van der Waals surface area contributed by atoms with Gasteiger partial charge in [0.2, 0.25) is 0 Å². The molecule has 1 unspecified atom stereocenters. The van der Waals surface area contributed by atoms with Crippen LogP contribution in [0.2, 0.25) is 5.02 Å². The number of rotatable bonds is 4. The molecular weight excluding hydrogens is 341 g/mol. The molecule has 1 N–H and O–H groups in total. The summed E-state index contributed by atoms with van der Waals surface area (Å²) < 4.78 is 14.1. The van der Waals surface area contributed by atoms with E-state index < -0.39 is 0 Å². The molecule has 1 atom stereocenters. The topological polar surface area (TPSA) is 39.3 Å². The number of likely N-dealkylation sites (tertiary alicyclic amines) is 1. The maximum atomic E-state index is 14.1. The van der Waals surface area contributed by atoms with E-state index in [1.54, 1.807) is 31.1 Å². The Hall–Kier alpha value is -1.85. The average molecular weight is 364 g/mol. The molecule has 3 rings (SSSR count). The molecule has 1 fully saturated rings. The van der Waals surface area contributed by atoms with E-state index in [9.17, 15) is 9.18 Å². The van der Waals surface area contributed by atoms with E-state index in [1.165, 1.54) is 6.07 Å². The number of nitrogens with one attached hydrogen (secondary N) is 1. The van der Waals surface area contributed by atoms with Crippen molar-refractivity contribution >= 4 is 17.5 Å². The van der Waals surface area contributed by atoms with Crippen LogP contribution in [0.5, 0.6) is 0 Å². The quantitative estimate of drug-likeness (QED) is 0.895. The second-order valence-electron chi connectivity index (χ2n) is 6.81. The smallest absolute Gasteiger partial charge is 0.255 e. The van der Waals surface area contributed by atoms with Crippen molar-refractivity contribution < 1.29 is 9.18 Å². The lowest BCUT2D eigenvalue weighted by molar-refractivity contribution is 0.0825. The highest BCUT2D eigenvalue weighted by Crippen LogP contribution is 2.30. The summed E-state index contributed by atoms with van der Waals surface area (Å²) in [5.41, 5.74) is 2.37. The number of hydrogen-bond donors (Lipinski definition) is 1. The molecule has 25 heavy (non-hydrogen) atoms. The maximum absolute atomic E-state index is 14.1. The first-order valence-corrected chi connectivity index (χ1v) is 8.88. The van der Waals surface area contributed by atoms with Gasteiger partial charge in [0.05, 0.1) is 5.56 Å². The summed E-state index contributed by atoms with van der Waals surface area (Å²) in [6.45, 7) is 2.28. The summed E-state index contributed by atoms with van der Waals surface area (Å²) in [6, 6.07) is 6.67. The Morgan fingerprint density at radius 2 is 2.20 bits per heavy atom. The van der Waals surface area contributed by atoms with Crippen molar-refractivity contribution in [2.45, 2.75) is 25.3 Å². The number of carbonyl (C=O) groups excluding carboxylic acids is 1. The molecule has 134 valence electrons. The first-order chi connectivity index (χ1) is 12.0. The number of piperidine rings is 1. The number of aromatic amines is 1. The van der Waals surface area contributed by atoms with E-state index >= 15 is 0 Å². The Labute approximate surface area is 152 Å². The lowest BCUT2D eigenvalue weighted by atomic mass is 9.92. The van der Waals surface area contributed by atoms with Crippen LogP contribution in [-0.4, -0.2) is 47.9 Å². The minimum absolute atomic E-state index is 0.0112. The minimum atomic E-state index is -0.266. The van der Waals surface area contributed by atoms with Gasteiger partial charge >= 0.3 is 0 Å². The number of amides is 1. The number of halogens is 2. The third-order valence-corrected chi connectivity index (χ3v) is 4.97. The van der Waals surface area contributed by atoms with E-state index in [0.717, 1.165) is 37.2 Å². The van der Waals surface area contributed by atoms with Crippen molar-refractivity contribution in [2.24, 2.45) is 0 Å². The summed E-state index contributed by atoms with van der Waals surface area (Å²) in [5, 5.41) is 0.413. The number of carbonyl (C=O) groups is 1. The third kappa shape index (κ3) is 4.05. The largest absolute Gasteiger partial charge is 0.364 e. The number of benzene rings is 1. The molecule has 1 aromatic heterocycles. The summed E-state index contributed by atoms with van der Waals surface area (Å²) in [4.78, 5) is 19.4. The third-order valence-electron chi connectivity index (χ3n) is 4.74. The van der Waals surface area contributed by atoms with Crippen LogP contribution in [0.4, 0.5) is 4.39 Å². The van der Waals surface area contributed by atoms with Gasteiger partial charge in [0, 0.05) is 55.6 Å². The average Bonchev–Trinajstić information content (AvgIpc) is 3.06. The van der Waals surface area contributed by atoms with Crippen molar-refractivity contribution in [1.29, 1.82) is 0 Å². The van der Waals surface area contributed by atoms with Gasteiger partial charge in [0.15, 0.2) is 0 Å². The zero-order valence-corrected chi connectivity index (χ0v) is 15.3. The molecular formula is C19H23ClFN3O. The summed E-state index contributed by atoms with van der Waals surface area (Å²) in [6.07, 6.45) is 3.87. The SMILES string of the molecule is CN(C)C(=O)c1cc[nH]c1C1CCCN(Cc2ccc(Cl)cc2F)C1. The maximum Gasteiger partial charge on any atom is 0.255 e. The molecule has 1 amide bonds. The molecule has 0 saturated carbocycles. The molecule has 6 heteroatoms. The van der Waals surface area contributed by atoms with Crippen LogP contribution in [0.3, 0.4) is 0 Å². The lowest BCUT2D eigenvalue weighted by Gasteiger charge is -2.33.